The highest BCUT2D eigenvalue weighted by atomic mass is 19.1. The van der Waals surface area contributed by atoms with Gasteiger partial charge in [0.15, 0.2) is 0 Å². The molecule has 2 fully saturated rings. The number of nitrogens with zero attached hydrogens (tertiary/aromatic N) is 2. The van der Waals surface area contributed by atoms with E-state index in [1.807, 2.05) is 4.90 Å². The molecule has 6 nitrogen and oxygen atoms in total. The second kappa shape index (κ2) is 6.76. The van der Waals surface area contributed by atoms with Gasteiger partial charge < -0.3 is 20.2 Å². The third-order valence-corrected chi connectivity index (χ3v) is 4.98. The third-order valence-electron chi connectivity index (χ3n) is 4.98. The molecule has 2 heterocycles. The van der Waals surface area contributed by atoms with Crippen molar-refractivity contribution in [1.82, 2.24) is 15.1 Å². The summed E-state index contributed by atoms with van der Waals surface area (Å²) in [4.78, 5) is 27.0. The molecular weight excluding hydrogens is 313 g/mol. The number of piperazine rings is 1. The van der Waals surface area contributed by atoms with Gasteiger partial charge in [0.05, 0.1) is 12.6 Å². The number of hydrogen-bond donors (Lipinski definition) is 2. The normalized spacial score (nSPS) is 25.0. The highest BCUT2D eigenvalue weighted by molar-refractivity contribution is 5.79. The van der Waals surface area contributed by atoms with E-state index in [0.717, 1.165) is 17.7 Å². The van der Waals surface area contributed by atoms with Crippen LogP contribution in [0.1, 0.15) is 30.0 Å². The average Bonchev–Trinajstić information content (AvgIpc) is 2.54. The van der Waals surface area contributed by atoms with Gasteiger partial charge in [-0.1, -0.05) is 6.07 Å². The van der Waals surface area contributed by atoms with E-state index in [4.69, 9.17) is 0 Å². The van der Waals surface area contributed by atoms with Gasteiger partial charge in [-0.2, -0.15) is 0 Å². The molecule has 0 spiro atoms. The van der Waals surface area contributed by atoms with Crippen molar-refractivity contribution in [1.29, 1.82) is 0 Å². The lowest BCUT2D eigenvalue weighted by atomic mass is 9.88. The Balaban J connectivity index is 1.87. The summed E-state index contributed by atoms with van der Waals surface area (Å²) in [6.45, 7) is 3.90. The van der Waals surface area contributed by atoms with Gasteiger partial charge in [-0.15, -0.1) is 0 Å². The van der Waals surface area contributed by atoms with Gasteiger partial charge in [-0.25, -0.2) is 9.18 Å². The molecule has 0 bridgehead atoms. The Morgan fingerprint density at radius 2 is 2.17 bits per heavy atom. The molecular formula is C17H22FN3O3. The molecule has 2 aliphatic rings. The molecule has 2 atom stereocenters. The van der Waals surface area contributed by atoms with E-state index in [-0.39, 0.29) is 23.8 Å². The van der Waals surface area contributed by atoms with E-state index in [1.165, 1.54) is 17.0 Å². The van der Waals surface area contributed by atoms with Gasteiger partial charge in [-0.3, -0.25) is 4.79 Å². The fourth-order valence-corrected chi connectivity index (χ4v) is 3.77. The Kier molecular flexibility index (Phi) is 4.71. The molecule has 1 aromatic carbocycles. The molecule has 0 aliphatic carbocycles. The number of nitrogens with one attached hydrogen (secondary N) is 1. The number of rotatable bonds is 2. The standard InChI is InChI=1S/C17H22FN3O3/c1-11-8-12(18)2-3-14(11)15-9-13(4-6-21(15)17(23)24)20-7-5-19-10-16(20)22/h2-3,8,13,15,19H,4-7,9-10H2,1H3,(H,23,24)/t13-,15-/m1/s1. The largest absolute Gasteiger partial charge is 0.465 e. The molecule has 2 saturated heterocycles. The Labute approximate surface area is 140 Å². The van der Waals surface area contributed by atoms with Crippen LogP contribution >= 0.6 is 0 Å². The molecule has 2 amide bonds. The maximum atomic E-state index is 13.4. The van der Waals surface area contributed by atoms with Crippen LogP contribution < -0.4 is 5.32 Å². The second-order valence-corrected chi connectivity index (χ2v) is 6.43. The van der Waals surface area contributed by atoms with Crippen LogP contribution in [0.4, 0.5) is 9.18 Å². The first-order valence-corrected chi connectivity index (χ1v) is 8.23. The molecule has 7 heteroatoms. The van der Waals surface area contributed by atoms with Crippen LogP contribution in [0.2, 0.25) is 0 Å². The molecule has 130 valence electrons. The number of benzene rings is 1. The van der Waals surface area contributed by atoms with Crippen molar-refractivity contribution < 1.29 is 19.1 Å². The van der Waals surface area contributed by atoms with Crippen molar-refractivity contribution in [3.05, 3.63) is 35.1 Å². The van der Waals surface area contributed by atoms with Crippen LogP contribution in [-0.4, -0.2) is 59.1 Å². The summed E-state index contributed by atoms with van der Waals surface area (Å²) >= 11 is 0. The van der Waals surface area contributed by atoms with Crippen molar-refractivity contribution in [3.8, 4) is 0 Å². The van der Waals surface area contributed by atoms with Crippen LogP contribution in [0.15, 0.2) is 18.2 Å². The molecule has 0 saturated carbocycles. The summed E-state index contributed by atoms with van der Waals surface area (Å²) in [5.41, 5.74) is 1.55. The van der Waals surface area contributed by atoms with Crippen molar-refractivity contribution >= 4 is 12.0 Å². The summed E-state index contributed by atoms with van der Waals surface area (Å²) in [6, 6.07) is 4.11. The SMILES string of the molecule is Cc1cc(F)ccc1[C@H]1C[C@H](N2CCNCC2=O)CCN1C(=O)O. The Bertz CT molecular complexity index is 652. The summed E-state index contributed by atoms with van der Waals surface area (Å²) < 4.78 is 13.4. The highest BCUT2D eigenvalue weighted by Gasteiger charge is 2.37. The summed E-state index contributed by atoms with van der Waals surface area (Å²) in [5.74, 6) is -0.271. The lowest BCUT2D eigenvalue weighted by Crippen LogP contribution is -2.56. The lowest BCUT2D eigenvalue weighted by Gasteiger charge is -2.44. The third kappa shape index (κ3) is 3.21. The van der Waals surface area contributed by atoms with Gasteiger partial charge in [0, 0.05) is 25.7 Å². The molecule has 2 aliphatic heterocycles. The van der Waals surface area contributed by atoms with Crippen LogP contribution in [0.3, 0.4) is 0 Å². The predicted molar refractivity (Wildman–Crippen MR) is 86.2 cm³/mol. The minimum absolute atomic E-state index is 0.0182. The first-order chi connectivity index (χ1) is 11.5. The number of halogens is 1. The van der Waals surface area contributed by atoms with Gasteiger partial charge in [0.25, 0.3) is 0 Å². The summed E-state index contributed by atoms with van der Waals surface area (Å²) in [7, 11) is 0. The fraction of sp³-hybridized carbons (Fsp3) is 0.529. The van der Waals surface area contributed by atoms with Crippen molar-refractivity contribution in [2.45, 2.75) is 31.8 Å². The average molecular weight is 335 g/mol. The van der Waals surface area contributed by atoms with Gasteiger partial charge in [0.1, 0.15) is 5.82 Å². The second-order valence-electron chi connectivity index (χ2n) is 6.43. The maximum Gasteiger partial charge on any atom is 0.407 e. The monoisotopic (exact) mass is 335 g/mol. The molecule has 1 aromatic rings. The highest BCUT2D eigenvalue weighted by Crippen LogP contribution is 2.35. The van der Waals surface area contributed by atoms with Crippen LogP contribution in [0.25, 0.3) is 0 Å². The zero-order chi connectivity index (χ0) is 17.3. The van der Waals surface area contributed by atoms with Gasteiger partial charge >= 0.3 is 6.09 Å². The number of hydrogen-bond acceptors (Lipinski definition) is 3. The molecule has 0 aromatic heterocycles. The van der Waals surface area contributed by atoms with E-state index in [1.54, 1.807) is 13.0 Å². The summed E-state index contributed by atoms with van der Waals surface area (Å²) in [5, 5.41) is 12.6. The topological polar surface area (TPSA) is 72.9 Å². The number of likely N-dealkylation sites (tertiary alicyclic amines) is 1. The Hall–Kier alpha value is -2.15. The lowest BCUT2D eigenvalue weighted by molar-refractivity contribution is -0.135. The summed E-state index contributed by atoms with van der Waals surface area (Å²) in [6.07, 6.45) is 0.202. The molecule has 2 N–H and O–H groups in total. The first kappa shape index (κ1) is 16.7. The number of amides is 2. The molecule has 3 rings (SSSR count). The van der Waals surface area contributed by atoms with Crippen LogP contribution in [0, 0.1) is 12.7 Å². The zero-order valence-electron chi connectivity index (χ0n) is 13.7. The van der Waals surface area contributed by atoms with Crippen molar-refractivity contribution in [3.63, 3.8) is 0 Å². The number of aryl methyl sites for hydroxylation is 1. The van der Waals surface area contributed by atoms with E-state index in [2.05, 4.69) is 5.32 Å². The molecule has 24 heavy (non-hydrogen) atoms. The van der Waals surface area contributed by atoms with E-state index in [0.29, 0.717) is 32.5 Å². The van der Waals surface area contributed by atoms with Crippen LogP contribution in [-0.2, 0) is 4.79 Å². The number of carbonyl (C=O) groups excluding carboxylic acids is 1. The zero-order valence-corrected chi connectivity index (χ0v) is 13.7. The smallest absolute Gasteiger partial charge is 0.407 e. The minimum atomic E-state index is -0.978. The quantitative estimate of drug-likeness (QED) is 0.864. The maximum absolute atomic E-state index is 13.4. The fourth-order valence-electron chi connectivity index (χ4n) is 3.77. The van der Waals surface area contributed by atoms with E-state index in [9.17, 15) is 19.1 Å². The van der Waals surface area contributed by atoms with Crippen LogP contribution in [0.5, 0.6) is 0 Å². The van der Waals surface area contributed by atoms with E-state index < -0.39 is 6.09 Å². The number of carboxylic acid groups (broad SMARTS) is 1. The minimum Gasteiger partial charge on any atom is -0.465 e. The number of piperidine rings is 1. The van der Waals surface area contributed by atoms with E-state index >= 15 is 0 Å². The van der Waals surface area contributed by atoms with Crippen molar-refractivity contribution in [2.24, 2.45) is 0 Å². The Morgan fingerprint density at radius 3 is 2.83 bits per heavy atom. The Morgan fingerprint density at radius 1 is 1.38 bits per heavy atom. The van der Waals surface area contributed by atoms with Gasteiger partial charge in [-0.05, 0) is 43.0 Å². The molecule has 0 unspecified atom stereocenters. The molecule has 0 radical (unpaired) electrons. The number of carbonyl (C=O) groups is 2. The first-order valence-electron chi connectivity index (χ1n) is 8.23. The van der Waals surface area contributed by atoms with Gasteiger partial charge in [0.2, 0.25) is 5.91 Å². The van der Waals surface area contributed by atoms with Crippen molar-refractivity contribution in [2.75, 3.05) is 26.2 Å². The predicted octanol–water partition coefficient (Wildman–Crippen LogP) is 1.75.